The highest BCUT2D eigenvalue weighted by atomic mass is 16.7. The first-order valence-electron chi connectivity index (χ1n) is 18.2. The molecule has 5 aromatic carbocycles. The van der Waals surface area contributed by atoms with Crippen LogP contribution in [0.2, 0.25) is 0 Å². The van der Waals surface area contributed by atoms with E-state index in [1.165, 1.54) is 23.4 Å². The number of methoxy groups -OCH3 is 1. The number of fused-ring (bicyclic) bond motifs is 1. The molecule has 6 rings (SSSR count). The van der Waals surface area contributed by atoms with Crippen LogP contribution in [-0.4, -0.2) is 54.9 Å². The minimum atomic E-state index is -0.817. The highest BCUT2D eigenvalue weighted by Gasteiger charge is 2.39. The molecular weight excluding hydrogens is 666 g/mol. The van der Waals surface area contributed by atoms with Crippen molar-refractivity contribution in [1.82, 2.24) is 15.5 Å². The Morgan fingerprint density at radius 2 is 1.47 bits per heavy atom. The first kappa shape index (κ1) is 37.7. The second kappa shape index (κ2) is 17.6. The second-order valence-electron chi connectivity index (χ2n) is 13.9. The number of carbonyl (C=O) groups excluding carboxylic acids is 2. The maximum absolute atomic E-state index is 12.8. The van der Waals surface area contributed by atoms with Crippen molar-refractivity contribution in [2.75, 3.05) is 20.7 Å². The van der Waals surface area contributed by atoms with Crippen LogP contribution in [0.25, 0.3) is 10.8 Å². The molecule has 0 aromatic heterocycles. The molecule has 0 aliphatic carbocycles. The molecule has 2 amide bonds. The number of esters is 1. The molecule has 0 radical (unpaired) electrons. The van der Waals surface area contributed by atoms with Gasteiger partial charge in [-0.3, -0.25) is 4.90 Å². The number of likely N-dealkylation sites (N-methyl/N-ethyl adjacent to an activating group) is 1. The molecular formula is C44H49N3O6. The van der Waals surface area contributed by atoms with E-state index in [4.69, 9.17) is 14.2 Å². The average molecular weight is 716 g/mol. The van der Waals surface area contributed by atoms with E-state index in [0.717, 1.165) is 27.8 Å². The molecule has 0 spiro atoms. The summed E-state index contributed by atoms with van der Waals surface area (Å²) in [6.45, 7) is 5.32. The van der Waals surface area contributed by atoms with Crippen LogP contribution in [0.3, 0.4) is 0 Å². The largest absolute Gasteiger partial charge is 0.467 e. The van der Waals surface area contributed by atoms with Gasteiger partial charge >= 0.3 is 12.0 Å². The minimum Gasteiger partial charge on any atom is -0.467 e. The number of aliphatic hydroxyl groups excluding tert-OH is 1. The number of benzene rings is 5. The van der Waals surface area contributed by atoms with E-state index in [9.17, 15) is 14.7 Å². The Bertz CT molecular complexity index is 1950. The van der Waals surface area contributed by atoms with Crippen molar-refractivity contribution in [1.29, 1.82) is 0 Å². The summed E-state index contributed by atoms with van der Waals surface area (Å²) in [5, 5.41) is 17.7. The summed E-state index contributed by atoms with van der Waals surface area (Å²) in [5.41, 5.74) is 5.78. The smallest absolute Gasteiger partial charge is 0.328 e. The quantitative estimate of drug-likeness (QED) is 0.109. The van der Waals surface area contributed by atoms with Crippen LogP contribution in [0, 0.1) is 5.92 Å². The highest BCUT2D eigenvalue weighted by Crippen LogP contribution is 2.42. The number of hydrogen-bond donors (Lipinski definition) is 3. The van der Waals surface area contributed by atoms with Crippen molar-refractivity contribution < 1.29 is 28.9 Å². The third-order valence-electron chi connectivity index (χ3n) is 10.3. The van der Waals surface area contributed by atoms with Crippen molar-refractivity contribution >= 4 is 22.8 Å². The van der Waals surface area contributed by atoms with Crippen LogP contribution >= 0.6 is 0 Å². The first-order valence-corrected chi connectivity index (χ1v) is 18.2. The van der Waals surface area contributed by atoms with Gasteiger partial charge in [0.15, 0.2) is 6.29 Å². The monoisotopic (exact) mass is 715 g/mol. The number of aliphatic hydroxyl groups is 1. The average Bonchev–Trinajstić information content (AvgIpc) is 3.20. The summed E-state index contributed by atoms with van der Waals surface area (Å²) in [6.07, 6.45) is -0.680. The van der Waals surface area contributed by atoms with Gasteiger partial charge in [0.05, 0.1) is 25.9 Å². The van der Waals surface area contributed by atoms with Crippen LogP contribution in [0.4, 0.5) is 4.79 Å². The Morgan fingerprint density at radius 3 is 2.17 bits per heavy atom. The van der Waals surface area contributed by atoms with Crippen molar-refractivity contribution in [2.45, 2.75) is 64.0 Å². The van der Waals surface area contributed by atoms with E-state index in [1.54, 1.807) is 0 Å². The van der Waals surface area contributed by atoms with Gasteiger partial charge in [-0.05, 0) is 58.6 Å². The van der Waals surface area contributed by atoms with Gasteiger partial charge in [0.1, 0.15) is 6.04 Å². The predicted molar refractivity (Wildman–Crippen MR) is 206 cm³/mol. The lowest BCUT2D eigenvalue weighted by Crippen LogP contribution is -2.47. The Labute approximate surface area is 311 Å². The first-order chi connectivity index (χ1) is 25.7. The molecule has 1 fully saturated rings. The van der Waals surface area contributed by atoms with E-state index in [1.807, 2.05) is 78.9 Å². The topological polar surface area (TPSA) is 109 Å². The van der Waals surface area contributed by atoms with Gasteiger partial charge < -0.3 is 30.0 Å². The highest BCUT2D eigenvalue weighted by molar-refractivity contribution is 5.84. The number of amides is 2. The molecule has 1 saturated heterocycles. The summed E-state index contributed by atoms with van der Waals surface area (Å²) >= 11 is 0. The summed E-state index contributed by atoms with van der Waals surface area (Å²) < 4.78 is 18.4. The van der Waals surface area contributed by atoms with Gasteiger partial charge in [0, 0.05) is 37.0 Å². The number of carbonyl (C=O) groups is 2. The van der Waals surface area contributed by atoms with Gasteiger partial charge in [-0.25, -0.2) is 9.59 Å². The van der Waals surface area contributed by atoms with Gasteiger partial charge in [-0.2, -0.15) is 0 Å². The normalized spacial score (nSPS) is 19.7. The summed E-state index contributed by atoms with van der Waals surface area (Å²) in [7, 11) is 3.45. The number of hydrogen-bond acceptors (Lipinski definition) is 7. The molecule has 0 unspecified atom stereocenters. The molecule has 276 valence electrons. The lowest BCUT2D eigenvalue weighted by Gasteiger charge is -2.43. The molecule has 3 N–H and O–H groups in total. The molecule has 6 atom stereocenters. The molecule has 53 heavy (non-hydrogen) atoms. The van der Waals surface area contributed by atoms with Gasteiger partial charge in [-0.15, -0.1) is 0 Å². The minimum absolute atomic E-state index is 0.0183. The second-order valence-corrected chi connectivity index (χ2v) is 13.9. The van der Waals surface area contributed by atoms with E-state index in [-0.39, 0.29) is 37.3 Å². The Morgan fingerprint density at radius 1 is 0.811 bits per heavy atom. The van der Waals surface area contributed by atoms with Crippen molar-refractivity contribution in [3.8, 4) is 0 Å². The molecule has 9 heteroatoms. The standard InChI is InChI=1S/C44H49N3O6/c1-29-40(27-47(3)30(2)37-23-22-34-12-8-9-13-38(34)25-37)52-43(53-41(29)35-18-16-33(28-48)17-19-35)36-20-14-32(15-21-36)26-45-44(50)46-39(42(49)51-4)24-31-10-6-5-7-11-31/h5-23,25,29-30,39-41,43,48H,24,26-28H2,1-4H3,(H2,45,46,50)/t29-,30+,39-,40+,41+,43+/m0/s1. The summed E-state index contributed by atoms with van der Waals surface area (Å²) in [4.78, 5) is 27.6. The van der Waals surface area contributed by atoms with Gasteiger partial charge in [0.2, 0.25) is 0 Å². The lowest BCUT2D eigenvalue weighted by molar-refractivity contribution is -0.276. The molecule has 0 saturated carbocycles. The van der Waals surface area contributed by atoms with Crippen LogP contribution in [0.1, 0.15) is 65.7 Å². The van der Waals surface area contributed by atoms with Crippen LogP contribution in [-0.2, 0) is 38.6 Å². The molecule has 0 bridgehead atoms. The molecule has 9 nitrogen and oxygen atoms in total. The van der Waals surface area contributed by atoms with Crippen LogP contribution in [0.15, 0.2) is 121 Å². The fourth-order valence-corrected chi connectivity index (χ4v) is 6.86. The third kappa shape index (κ3) is 9.49. The number of ether oxygens (including phenoxy) is 3. The Kier molecular flexibility index (Phi) is 12.5. The number of urea groups is 1. The van der Waals surface area contributed by atoms with Gasteiger partial charge in [0.25, 0.3) is 0 Å². The predicted octanol–water partition coefficient (Wildman–Crippen LogP) is 7.40. The van der Waals surface area contributed by atoms with Crippen LogP contribution in [0.5, 0.6) is 0 Å². The van der Waals surface area contributed by atoms with E-state index in [0.29, 0.717) is 13.0 Å². The SMILES string of the molecule is COC(=O)[C@H](Cc1ccccc1)NC(=O)NCc1ccc([C@@H]2O[C@H](CN(C)[C@H](C)c3ccc4ccccc4c3)[C@H](C)[C@H](c3ccc(CO)cc3)O2)cc1. The molecule has 1 aliphatic rings. The number of rotatable bonds is 13. The van der Waals surface area contributed by atoms with Crippen molar-refractivity contribution in [3.63, 3.8) is 0 Å². The molecule has 5 aromatic rings. The fourth-order valence-electron chi connectivity index (χ4n) is 6.86. The zero-order valence-electron chi connectivity index (χ0n) is 30.8. The lowest BCUT2D eigenvalue weighted by atomic mass is 9.89. The Balaban J connectivity index is 1.13. The maximum Gasteiger partial charge on any atom is 0.328 e. The van der Waals surface area contributed by atoms with Crippen LogP contribution < -0.4 is 10.6 Å². The van der Waals surface area contributed by atoms with Gasteiger partial charge in [-0.1, -0.05) is 122 Å². The van der Waals surface area contributed by atoms with E-state index >= 15 is 0 Å². The van der Waals surface area contributed by atoms with E-state index < -0.39 is 24.3 Å². The zero-order chi connectivity index (χ0) is 37.3. The number of nitrogens with one attached hydrogen (secondary N) is 2. The summed E-state index contributed by atoms with van der Waals surface area (Å²) in [5.74, 6) is -0.472. The van der Waals surface area contributed by atoms with Crippen molar-refractivity contribution in [2.24, 2.45) is 5.92 Å². The Hall–Kier alpha value is -5.06. The summed E-state index contributed by atoms with van der Waals surface area (Å²) in [6, 6.07) is 39.2. The van der Waals surface area contributed by atoms with E-state index in [2.05, 4.69) is 78.9 Å². The van der Waals surface area contributed by atoms with Crippen molar-refractivity contribution in [3.05, 3.63) is 155 Å². The number of nitrogens with zero attached hydrogens (tertiary/aromatic N) is 1. The zero-order valence-corrected chi connectivity index (χ0v) is 30.8. The molecule has 1 heterocycles. The molecule has 1 aliphatic heterocycles. The maximum atomic E-state index is 12.8. The third-order valence-corrected chi connectivity index (χ3v) is 10.3. The fraction of sp³-hybridized carbons (Fsp3) is 0.318.